The summed E-state index contributed by atoms with van der Waals surface area (Å²) in [6, 6.07) is 8.88. The number of amides is 2. The molecule has 2 aromatic rings. The molecule has 11 heteroatoms. The minimum atomic E-state index is -0.479. The number of aromatic nitrogens is 1. The van der Waals surface area contributed by atoms with Gasteiger partial charge in [-0.05, 0) is 84.2 Å². The number of nitrogens with one attached hydrogen (secondary N) is 2. The van der Waals surface area contributed by atoms with E-state index in [1.165, 1.54) is 12.1 Å². The van der Waals surface area contributed by atoms with E-state index >= 15 is 0 Å². The molecule has 2 N–H and O–H groups in total. The minimum Gasteiger partial charge on any atom is -0.474 e. The number of ether oxygens (including phenoxy) is 2. The second-order valence-electron chi connectivity index (χ2n) is 14.1. The van der Waals surface area contributed by atoms with E-state index in [-0.39, 0.29) is 60.5 Å². The lowest BCUT2D eigenvalue weighted by molar-refractivity contribution is -0.122. The molecule has 0 spiro atoms. The average Bonchev–Trinajstić information content (AvgIpc) is 2.96. The van der Waals surface area contributed by atoms with Crippen LogP contribution in [0.15, 0.2) is 30.3 Å². The zero-order valence-corrected chi connectivity index (χ0v) is 27.7. The molecule has 0 unspecified atom stereocenters. The zero-order valence-electron chi connectivity index (χ0n) is 27.7. The number of anilines is 1. The van der Waals surface area contributed by atoms with Crippen molar-refractivity contribution in [2.45, 2.75) is 90.6 Å². The lowest BCUT2D eigenvalue weighted by Crippen LogP contribution is -2.63. The molecule has 45 heavy (non-hydrogen) atoms. The molecule has 1 aromatic carbocycles. The van der Waals surface area contributed by atoms with Crippen molar-refractivity contribution in [2.75, 3.05) is 50.9 Å². The molecule has 0 aliphatic carbocycles. The van der Waals surface area contributed by atoms with Gasteiger partial charge in [-0.1, -0.05) is 12.1 Å². The highest BCUT2D eigenvalue weighted by molar-refractivity contribution is 5.99. The molecule has 3 aliphatic heterocycles. The molecule has 5 rings (SSSR count). The molecule has 2 amide bonds. The molecule has 0 radical (unpaired) electrons. The summed E-state index contributed by atoms with van der Waals surface area (Å²) in [5, 5.41) is 6.61. The first-order chi connectivity index (χ1) is 21.3. The fourth-order valence-corrected chi connectivity index (χ4v) is 6.54. The van der Waals surface area contributed by atoms with Crippen LogP contribution in [0.4, 0.5) is 10.1 Å². The third-order valence-corrected chi connectivity index (χ3v) is 8.83. The SMILES string of the molecule is C[C@@H]1CN(CC(=O)N2c3cc(Cc4ccc(F)cc4)c(C(=O)NC(C)(C)C)nc3OC[C@@H]2C)[C@@H](CN2[C@H](C)COC[C@H]2C)CN1. The van der Waals surface area contributed by atoms with Gasteiger partial charge in [0, 0.05) is 49.3 Å². The summed E-state index contributed by atoms with van der Waals surface area (Å²) in [5.74, 6) is -0.419. The predicted octanol–water partition coefficient (Wildman–Crippen LogP) is 3.23. The minimum absolute atomic E-state index is 0.0318. The maximum Gasteiger partial charge on any atom is 0.270 e. The Bertz CT molecular complexity index is 1360. The number of pyridine rings is 1. The van der Waals surface area contributed by atoms with Crippen molar-refractivity contribution in [1.29, 1.82) is 0 Å². The Balaban J connectivity index is 1.44. The highest BCUT2D eigenvalue weighted by atomic mass is 19.1. The second-order valence-corrected chi connectivity index (χ2v) is 14.1. The van der Waals surface area contributed by atoms with Crippen molar-refractivity contribution < 1.29 is 23.5 Å². The normalized spacial score (nSPS) is 26.2. The summed E-state index contributed by atoms with van der Waals surface area (Å²) in [5.41, 5.74) is 1.78. The number of fused-ring (bicyclic) bond motifs is 1. The molecule has 2 saturated heterocycles. The van der Waals surface area contributed by atoms with Gasteiger partial charge in [-0.25, -0.2) is 9.37 Å². The van der Waals surface area contributed by atoms with Gasteiger partial charge in [0.1, 0.15) is 23.8 Å². The van der Waals surface area contributed by atoms with Crippen LogP contribution in [0.2, 0.25) is 0 Å². The van der Waals surface area contributed by atoms with Crippen molar-refractivity contribution in [3.05, 3.63) is 53.0 Å². The molecular weight excluding hydrogens is 575 g/mol. The van der Waals surface area contributed by atoms with Crippen LogP contribution < -0.4 is 20.3 Å². The van der Waals surface area contributed by atoms with Gasteiger partial charge in [-0.3, -0.25) is 19.4 Å². The molecule has 1 aromatic heterocycles. The van der Waals surface area contributed by atoms with Gasteiger partial charge in [0.2, 0.25) is 11.8 Å². The van der Waals surface area contributed by atoms with E-state index in [2.05, 4.69) is 41.2 Å². The molecule has 0 bridgehead atoms. The number of morpholine rings is 1. The standard InChI is InChI=1S/C34H49FN6O4/c1-21-15-39(28(14-36-21)16-40-22(2)18-44-19-23(40)3)17-30(42)41-24(4)20-45-33-29(41)13-26(12-25-8-10-27(35)11-9-25)31(37-33)32(43)38-34(5,6)7/h8-11,13,21-24,28,36H,12,14-20H2,1-7H3,(H,38,43)/t21-,22-,23-,24+,28-/m1/s1. The molecule has 10 nitrogen and oxygen atoms in total. The zero-order chi connectivity index (χ0) is 32.5. The number of carbonyl (C=O) groups is 2. The maximum absolute atomic E-state index is 14.3. The Labute approximate surface area is 266 Å². The quantitative estimate of drug-likeness (QED) is 0.485. The van der Waals surface area contributed by atoms with E-state index in [0.717, 1.165) is 25.2 Å². The first-order valence-electron chi connectivity index (χ1n) is 16.2. The number of benzene rings is 1. The lowest BCUT2D eigenvalue weighted by Gasteiger charge is -2.46. The highest BCUT2D eigenvalue weighted by Gasteiger charge is 2.37. The van der Waals surface area contributed by atoms with E-state index in [1.807, 2.05) is 33.8 Å². The first-order valence-corrected chi connectivity index (χ1v) is 16.2. The number of halogens is 1. The summed E-state index contributed by atoms with van der Waals surface area (Å²) in [4.78, 5) is 39.0. The molecule has 246 valence electrons. The number of piperazine rings is 1. The van der Waals surface area contributed by atoms with Crippen molar-refractivity contribution in [2.24, 2.45) is 0 Å². The fourth-order valence-electron chi connectivity index (χ4n) is 6.54. The Hall–Kier alpha value is -3.12. The van der Waals surface area contributed by atoms with Crippen molar-refractivity contribution in [1.82, 2.24) is 25.4 Å². The first kappa shape index (κ1) is 33.2. The Kier molecular flexibility index (Phi) is 10.1. The van der Waals surface area contributed by atoms with E-state index < -0.39 is 5.54 Å². The van der Waals surface area contributed by atoms with Gasteiger partial charge in [0.15, 0.2) is 0 Å². The third kappa shape index (κ3) is 8.00. The molecule has 4 heterocycles. The summed E-state index contributed by atoms with van der Waals surface area (Å²) in [7, 11) is 0. The molecular formula is C34H49FN6O4. The molecule has 2 fully saturated rings. The van der Waals surface area contributed by atoms with E-state index in [1.54, 1.807) is 17.0 Å². The summed E-state index contributed by atoms with van der Waals surface area (Å²) >= 11 is 0. The predicted molar refractivity (Wildman–Crippen MR) is 172 cm³/mol. The number of nitrogens with zero attached hydrogens (tertiary/aromatic N) is 4. The second kappa shape index (κ2) is 13.7. The number of rotatable bonds is 7. The van der Waals surface area contributed by atoms with Gasteiger partial charge in [-0.15, -0.1) is 0 Å². The number of hydrogen-bond acceptors (Lipinski definition) is 8. The summed E-state index contributed by atoms with van der Waals surface area (Å²) in [6.45, 7) is 18.6. The van der Waals surface area contributed by atoms with Gasteiger partial charge in [-0.2, -0.15) is 0 Å². The van der Waals surface area contributed by atoms with Gasteiger partial charge in [0.05, 0.1) is 25.8 Å². The highest BCUT2D eigenvalue weighted by Crippen LogP contribution is 2.35. The van der Waals surface area contributed by atoms with Crippen molar-refractivity contribution in [3.8, 4) is 5.88 Å². The van der Waals surface area contributed by atoms with Crippen LogP contribution in [-0.2, 0) is 16.0 Å². The van der Waals surface area contributed by atoms with Gasteiger partial charge >= 0.3 is 0 Å². The number of hydrogen-bond donors (Lipinski definition) is 2. The van der Waals surface area contributed by atoms with Crippen LogP contribution in [0.5, 0.6) is 5.88 Å². The van der Waals surface area contributed by atoms with E-state index in [4.69, 9.17) is 14.5 Å². The maximum atomic E-state index is 14.3. The van der Waals surface area contributed by atoms with E-state index in [0.29, 0.717) is 43.0 Å². The number of carbonyl (C=O) groups excluding carboxylic acids is 2. The van der Waals surface area contributed by atoms with Crippen molar-refractivity contribution >= 4 is 17.5 Å². The van der Waals surface area contributed by atoms with Crippen molar-refractivity contribution in [3.63, 3.8) is 0 Å². The smallest absolute Gasteiger partial charge is 0.270 e. The monoisotopic (exact) mass is 624 g/mol. The topological polar surface area (TPSA) is 99.3 Å². The average molecular weight is 625 g/mol. The lowest BCUT2D eigenvalue weighted by atomic mass is 10.0. The largest absolute Gasteiger partial charge is 0.474 e. The van der Waals surface area contributed by atoms with Crippen LogP contribution >= 0.6 is 0 Å². The van der Waals surface area contributed by atoms with Crippen LogP contribution in [0.3, 0.4) is 0 Å². The molecule has 0 saturated carbocycles. The van der Waals surface area contributed by atoms with Crippen LogP contribution in [0.1, 0.15) is 70.1 Å². The molecule has 3 aliphatic rings. The van der Waals surface area contributed by atoms with Crippen LogP contribution in [0.25, 0.3) is 0 Å². The Morgan fingerprint density at radius 3 is 2.40 bits per heavy atom. The third-order valence-electron chi connectivity index (χ3n) is 8.83. The fraction of sp³-hybridized carbons (Fsp3) is 0.618. The summed E-state index contributed by atoms with van der Waals surface area (Å²) in [6.07, 6.45) is 0.344. The van der Waals surface area contributed by atoms with Gasteiger partial charge in [0.25, 0.3) is 5.91 Å². The Morgan fingerprint density at radius 1 is 1.04 bits per heavy atom. The Morgan fingerprint density at radius 2 is 1.73 bits per heavy atom. The van der Waals surface area contributed by atoms with Crippen LogP contribution in [0, 0.1) is 5.82 Å². The van der Waals surface area contributed by atoms with Gasteiger partial charge < -0.3 is 25.0 Å². The van der Waals surface area contributed by atoms with Crippen LogP contribution in [-0.4, -0.2) is 108 Å². The summed E-state index contributed by atoms with van der Waals surface area (Å²) < 4.78 is 25.5. The molecule has 5 atom stereocenters. The van der Waals surface area contributed by atoms with E-state index in [9.17, 15) is 14.0 Å².